The number of hydrogen-bond donors (Lipinski definition) is 1. The van der Waals surface area contributed by atoms with Crippen molar-refractivity contribution in [2.24, 2.45) is 0 Å². The number of thiophene rings is 1. The van der Waals surface area contributed by atoms with Gasteiger partial charge in [-0.15, -0.1) is 11.3 Å². The smallest absolute Gasteiger partial charge is 0.258 e. The minimum atomic E-state index is -0.108. The molecule has 0 aliphatic heterocycles. The molecule has 3 aromatic rings. The molecule has 0 aliphatic carbocycles. The van der Waals surface area contributed by atoms with E-state index in [9.17, 15) is 4.79 Å². The van der Waals surface area contributed by atoms with Gasteiger partial charge in [0.1, 0.15) is 0 Å². The number of rotatable bonds is 3. The lowest BCUT2D eigenvalue weighted by atomic mass is 10.2. The summed E-state index contributed by atoms with van der Waals surface area (Å²) in [7, 11) is 0. The fourth-order valence-corrected chi connectivity index (χ4v) is 4.06. The van der Waals surface area contributed by atoms with Crippen LogP contribution in [-0.2, 0) is 0 Å². The normalized spacial score (nSPS) is 10.7. The summed E-state index contributed by atoms with van der Waals surface area (Å²) < 4.78 is 0. The van der Waals surface area contributed by atoms with Gasteiger partial charge in [-0.3, -0.25) is 15.1 Å². The topological polar surface area (TPSA) is 54.9 Å². The molecule has 0 atom stereocenters. The Morgan fingerprint density at radius 2 is 2.00 bits per heavy atom. The zero-order chi connectivity index (χ0) is 15.7. The molecule has 0 aliphatic rings. The molecule has 0 bridgehead atoms. The molecule has 1 amide bonds. The first-order chi connectivity index (χ1) is 10.5. The van der Waals surface area contributed by atoms with Crippen molar-refractivity contribution < 1.29 is 4.79 Å². The molecule has 0 saturated heterocycles. The third-order valence-corrected chi connectivity index (χ3v) is 5.26. The molecule has 0 unspecified atom stereocenters. The molecule has 0 radical (unpaired) electrons. The third kappa shape index (κ3) is 2.93. The first kappa shape index (κ1) is 14.9. The molecule has 22 heavy (non-hydrogen) atoms. The minimum Gasteiger partial charge on any atom is -0.298 e. The van der Waals surface area contributed by atoms with Crippen molar-refractivity contribution in [3.05, 3.63) is 51.5 Å². The van der Waals surface area contributed by atoms with Crippen LogP contribution < -0.4 is 5.32 Å². The van der Waals surface area contributed by atoms with E-state index >= 15 is 0 Å². The average Bonchev–Trinajstić information content (AvgIpc) is 3.02. The quantitative estimate of drug-likeness (QED) is 0.772. The van der Waals surface area contributed by atoms with E-state index in [0.717, 1.165) is 31.6 Å². The monoisotopic (exact) mass is 329 g/mol. The lowest BCUT2D eigenvalue weighted by Crippen LogP contribution is -2.11. The second kappa shape index (κ2) is 5.98. The van der Waals surface area contributed by atoms with Crippen molar-refractivity contribution in [2.75, 3.05) is 5.32 Å². The fraction of sp³-hybridized carbons (Fsp3) is 0.188. The van der Waals surface area contributed by atoms with Crippen LogP contribution in [0.15, 0.2) is 30.5 Å². The number of hydrogen-bond acceptors (Lipinski definition) is 5. The number of carbonyl (C=O) groups is 1. The molecule has 3 heterocycles. The standard InChI is InChI=1S/C16H15N3OS2/c1-9-8-12(11(3)21-9)15(20)19-16-18-10(2)14(22-16)13-6-4-5-7-17-13/h4-8H,1-3H3,(H,18,19,20). The number of aromatic nitrogens is 2. The number of nitrogens with one attached hydrogen (secondary N) is 1. The Morgan fingerprint density at radius 1 is 1.18 bits per heavy atom. The van der Waals surface area contributed by atoms with Crippen LogP contribution in [0.5, 0.6) is 0 Å². The SMILES string of the molecule is Cc1cc(C(=O)Nc2nc(C)c(-c3ccccn3)s2)c(C)s1. The van der Waals surface area contributed by atoms with Crippen molar-refractivity contribution in [3.8, 4) is 10.6 Å². The highest BCUT2D eigenvalue weighted by Crippen LogP contribution is 2.32. The van der Waals surface area contributed by atoms with E-state index < -0.39 is 0 Å². The molecule has 1 N–H and O–H groups in total. The van der Waals surface area contributed by atoms with Gasteiger partial charge in [0, 0.05) is 16.0 Å². The maximum Gasteiger partial charge on any atom is 0.258 e. The van der Waals surface area contributed by atoms with Crippen molar-refractivity contribution in [2.45, 2.75) is 20.8 Å². The summed E-state index contributed by atoms with van der Waals surface area (Å²) >= 11 is 3.07. The third-order valence-electron chi connectivity index (χ3n) is 3.20. The largest absolute Gasteiger partial charge is 0.298 e. The minimum absolute atomic E-state index is 0.108. The van der Waals surface area contributed by atoms with Gasteiger partial charge >= 0.3 is 0 Å². The van der Waals surface area contributed by atoms with Crippen LogP contribution in [0, 0.1) is 20.8 Å². The summed E-state index contributed by atoms with van der Waals surface area (Å²) in [4.78, 5) is 24.3. The van der Waals surface area contributed by atoms with Crippen LogP contribution >= 0.6 is 22.7 Å². The summed E-state index contributed by atoms with van der Waals surface area (Å²) in [5.41, 5.74) is 2.47. The molecular formula is C16H15N3OS2. The Bertz CT molecular complexity index is 821. The molecule has 3 rings (SSSR count). The predicted molar refractivity (Wildman–Crippen MR) is 91.8 cm³/mol. The summed E-state index contributed by atoms with van der Waals surface area (Å²) in [5, 5.41) is 3.49. The van der Waals surface area contributed by atoms with Crippen LogP contribution in [0.4, 0.5) is 5.13 Å². The van der Waals surface area contributed by atoms with Crippen molar-refractivity contribution in [1.29, 1.82) is 0 Å². The number of carbonyl (C=O) groups excluding carboxylic acids is 1. The van der Waals surface area contributed by atoms with Crippen LogP contribution in [0.1, 0.15) is 25.8 Å². The molecule has 4 nitrogen and oxygen atoms in total. The Hall–Kier alpha value is -2.05. The number of nitrogens with zero attached hydrogens (tertiary/aromatic N) is 2. The molecule has 112 valence electrons. The zero-order valence-electron chi connectivity index (χ0n) is 12.5. The van der Waals surface area contributed by atoms with E-state index in [1.165, 1.54) is 11.3 Å². The summed E-state index contributed by atoms with van der Waals surface area (Å²) in [6, 6.07) is 7.68. The Balaban J connectivity index is 1.85. The van der Waals surface area contributed by atoms with Gasteiger partial charge in [0.2, 0.25) is 0 Å². The highest BCUT2D eigenvalue weighted by molar-refractivity contribution is 7.19. The zero-order valence-corrected chi connectivity index (χ0v) is 14.1. The number of pyridine rings is 1. The fourth-order valence-electron chi connectivity index (χ4n) is 2.21. The molecule has 0 fully saturated rings. The molecule has 6 heteroatoms. The molecule has 0 aromatic carbocycles. The van der Waals surface area contributed by atoms with E-state index in [0.29, 0.717) is 5.13 Å². The number of aryl methyl sites for hydroxylation is 3. The lowest BCUT2D eigenvalue weighted by molar-refractivity contribution is 0.102. The van der Waals surface area contributed by atoms with Gasteiger partial charge in [-0.05, 0) is 39.0 Å². The first-order valence-corrected chi connectivity index (χ1v) is 8.45. The first-order valence-electron chi connectivity index (χ1n) is 6.82. The van der Waals surface area contributed by atoms with E-state index in [-0.39, 0.29) is 5.91 Å². The Kier molecular flexibility index (Phi) is 4.04. The summed E-state index contributed by atoms with van der Waals surface area (Å²) in [6.45, 7) is 5.89. The highest BCUT2D eigenvalue weighted by atomic mass is 32.1. The number of amides is 1. The van der Waals surface area contributed by atoms with Gasteiger partial charge in [0.05, 0.1) is 21.8 Å². The second-order valence-electron chi connectivity index (χ2n) is 4.93. The van der Waals surface area contributed by atoms with E-state index in [1.54, 1.807) is 17.5 Å². The average molecular weight is 329 g/mol. The van der Waals surface area contributed by atoms with Crippen molar-refractivity contribution >= 4 is 33.7 Å². The van der Waals surface area contributed by atoms with E-state index in [2.05, 4.69) is 15.3 Å². The predicted octanol–water partition coefficient (Wildman–Crippen LogP) is 4.44. The molecule has 0 spiro atoms. The molecule has 3 aromatic heterocycles. The number of anilines is 1. The lowest BCUT2D eigenvalue weighted by Gasteiger charge is -2.00. The van der Waals surface area contributed by atoms with E-state index in [1.807, 2.05) is 45.0 Å². The summed E-state index contributed by atoms with van der Waals surface area (Å²) in [5.74, 6) is -0.108. The number of thiazole rings is 1. The van der Waals surface area contributed by atoms with Gasteiger partial charge < -0.3 is 0 Å². The van der Waals surface area contributed by atoms with Crippen LogP contribution in [-0.4, -0.2) is 15.9 Å². The second-order valence-corrected chi connectivity index (χ2v) is 7.39. The summed E-state index contributed by atoms with van der Waals surface area (Å²) in [6.07, 6.45) is 1.75. The molecule has 0 saturated carbocycles. The highest BCUT2D eigenvalue weighted by Gasteiger charge is 2.16. The van der Waals surface area contributed by atoms with Gasteiger partial charge in [-0.25, -0.2) is 4.98 Å². The Labute approximate surface area is 136 Å². The molecular weight excluding hydrogens is 314 g/mol. The van der Waals surface area contributed by atoms with Crippen molar-refractivity contribution in [1.82, 2.24) is 9.97 Å². The van der Waals surface area contributed by atoms with E-state index in [4.69, 9.17) is 0 Å². The van der Waals surface area contributed by atoms with Crippen molar-refractivity contribution in [3.63, 3.8) is 0 Å². The Morgan fingerprint density at radius 3 is 2.64 bits per heavy atom. The van der Waals surface area contributed by atoms with Gasteiger partial charge in [0.15, 0.2) is 5.13 Å². The van der Waals surface area contributed by atoms with Gasteiger partial charge in [-0.1, -0.05) is 17.4 Å². The van der Waals surface area contributed by atoms with Crippen LogP contribution in [0.25, 0.3) is 10.6 Å². The van der Waals surface area contributed by atoms with Gasteiger partial charge in [-0.2, -0.15) is 0 Å². The van der Waals surface area contributed by atoms with Gasteiger partial charge in [0.25, 0.3) is 5.91 Å². The van der Waals surface area contributed by atoms with Crippen LogP contribution in [0.3, 0.4) is 0 Å². The van der Waals surface area contributed by atoms with Crippen LogP contribution in [0.2, 0.25) is 0 Å². The maximum absolute atomic E-state index is 12.4. The maximum atomic E-state index is 12.4.